The molecule has 0 radical (unpaired) electrons. The van der Waals surface area contributed by atoms with Gasteiger partial charge in [-0.05, 0) is 92.8 Å². The minimum absolute atomic E-state index is 0.0502. The first-order valence-electron chi connectivity index (χ1n) is 26.5. The minimum atomic E-state index is -1.86. The standard InChI is InChI=1S/C51H84O23/c1-22(21-66-46-40(62)38(60)36(58)32(18-54)69-46)8-13-51(65)24(3)35-31(74-51)15-29-27-7-6-25-14-26(9-11-49(25,4)28(27)10-12-50(29,35)5)68-48-44(73-45(30(57)17-53)67-23(2)16-52)42(64)43(34(20-56)71-48)72-47-41(63)39(61)37(59)33(19-55)70-47/h6,23-24,26-48,52-65H,1,7-21H2,2-5H3/t23?,24-,26?,27?,28?,29?,30-,31?,32?,33?,34?,35?,36?,37?,38+,39+,40-,41-,42+,43?,44-,45?,46?,47?,48?,49-,50-,51?/m0/s1. The van der Waals surface area contributed by atoms with Crippen LogP contribution in [0.3, 0.4) is 0 Å². The van der Waals surface area contributed by atoms with Crippen LogP contribution < -0.4 is 0 Å². The molecular weight excluding hydrogens is 981 g/mol. The highest BCUT2D eigenvalue weighted by molar-refractivity contribution is 5.26. The largest absolute Gasteiger partial charge is 0.394 e. The molecule has 8 rings (SSSR count). The molecule has 426 valence electrons. The van der Waals surface area contributed by atoms with E-state index in [4.69, 9.17) is 42.6 Å². The van der Waals surface area contributed by atoms with E-state index in [1.165, 1.54) is 12.5 Å². The maximum absolute atomic E-state index is 12.1. The number of fused-ring (bicyclic) bond motifs is 7. The third-order valence-corrected chi connectivity index (χ3v) is 18.6. The highest BCUT2D eigenvalue weighted by atomic mass is 16.8. The van der Waals surface area contributed by atoms with E-state index in [0.717, 1.165) is 32.1 Å². The maximum Gasteiger partial charge on any atom is 0.187 e. The van der Waals surface area contributed by atoms with E-state index in [1.807, 2.05) is 0 Å². The normalized spacial score (nSPS) is 49.5. The maximum atomic E-state index is 12.1. The van der Waals surface area contributed by atoms with Gasteiger partial charge in [0, 0.05) is 12.3 Å². The summed E-state index contributed by atoms with van der Waals surface area (Å²) in [5.74, 6) is -0.410. The van der Waals surface area contributed by atoms with Crippen molar-refractivity contribution >= 4 is 0 Å². The molecule has 0 spiro atoms. The van der Waals surface area contributed by atoms with Crippen LogP contribution in [0.5, 0.6) is 0 Å². The molecule has 28 atom stereocenters. The molecule has 14 N–H and O–H groups in total. The summed E-state index contributed by atoms with van der Waals surface area (Å²) in [7, 11) is 0. The first-order valence-corrected chi connectivity index (χ1v) is 26.5. The van der Waals surface area contributed by atoms with Gasteiger partial charge in [0.2, 0.25) is 0 Å². The van der Waals surface area contributed by atoms with Gasteiger partial charge in [0.25, 0.3) is 0 Å². The van der Waals surface area contributed by atoms with Crippen LogP contribution in [-0.2, 0) is 42.6 Å². The van der Waals surface area contributed by atoms with Crippen LogP contribution in [0.15, 0.2) is 23.8 Å². The fraction of sp³-hybridized carbons (Fsp3) is 0.922. The molecule has 8 aliphatic rings. The van der Waals surface area contributed by atoms with Gasteiger partial charge in [-0.15, -0.1) is 0 Å². The van der Waals surface area contributed by atoms with Crippen molar-refractivity contribution in [3.63, 3.8) is 0 Å². The molecule has 0 bridgehead atoms. The smallest absolute Gasteiger partial charge is 0.187 e. The molecule has 4 heterocycles. The van der Waals surface area contributed by atoms with Gasteiger partial charge in [0.05, 0.1) is 58.0 Å². The van der Waals surface area contributed by atoms with E-state index in [0.29, 0.717) is 42.6 Å². The molecule has 23 heteroatoms. The Morgan fingerprint density at radius 3 is 2.03 bits per heavy atom. The van der Waals surface area contributed by atoms with Gasteiger partial charge in [-0.1, -0.05) is 44.6 Å². The molecule has 4 aliphatic carbocycles. The van der Waals surface area contributed by atoms with Gasteiger partial charge in [-0.2, -0.15) is 0 Å². The Kier molecular flexibility index (Phi) is 18.8. The van der Waals surface area contributed by atoms with E-state index in [9.17, 15) is 71.5 Å². The second-order valence-electron chi connectivity index (χ2n) is 23.0. The quantitative estimate of drug-likeness (QED) is 0.0431. The molecule has 0 aromatic carbocycles. The fourth-order valence-corrected chi connectivity index (χ4v) is 14.3. The summed E-state index contributed by atoms with van der Waals surface area (Å²) in [4.78, 5) is 0. The Labute approximate surface area is 431 Å². The van der Waals surface area contributed by atoms with E-state index >= 15 is 0 Å². The van der Waals surface area contributed by atoms with Crippen LogP contribution in [0.25, 0.3) is 0 Å². The van der Waals surface area contributed by atoms with Crippen molar-refractivity contribution in [1.82, 2.24) is 0 Å². The molecule has 0 aromatic heterocycles. The number of hydrogen-bond acceptors (Lipinski definition) is 23. The summed E-state index contributed by atoms with van der Waals surface area (Å²) in [6.07, 6.45) is -19.5. The Bertz CT molecular complexity index is 1890. The predicted molar refractivity (Wildman–Crippen MR) is 252 cm³/mol. The Balaban J connectivity index is 0.922. The first kappa shape index (κ1) is 58.7. The highest BCUT2D eigenvalue weighted by Gasteiger charge is 2.68. The van der Waals surface area contributed by atoms with Gasteiger partial charge in [-0.3, -0.25) is 0 Å². The molecule has 4 aliphatic heterocycles. The third-order valence-electron chi connectivity index (χ3n) is 18.6. The van der Waals surface area contributed by atoms with E-state index in [1.54, 1.807) is 0 Å². The minimum Gasteiger partial charge on any atom is -0.394 e. The third kappa shape index (κ3) is 11.1. The molecule has 0 aromatic rings. The number of aliphatic hydroxyl groups excluding tert-OH is 13. The average Bonchev–Trinajstić information content (AvgIpc) is 3.83. The topological polar surface area (TPSA) is 366 Å². The predicted octanol–water partition coefficient (Wildman–Crippen LogP) is -2.84. The molecule has 7 fully saturated rings. The molecule has 18 unspecified atom stereocenters. The zero-order chi connectivity index (χ0) is 53.8. The van der Waals surface area contributed by atoms with Crippen LogP contribution in [0, 0.1) is 40.4 Å². The fourth-order valence-electron chi connectivity index (χ4n) is 14.3. The van der Waals surface area contributed by atoms with Crippen molar-refractivity contribution in [1.29, 1.82) is 0 Å². The van der Waals surface area contributed by atoms with Crippen LogP contribution in [-0.4, -0.2) is 240 Å². The van der Waals surface area contributed by atoms with Crippen molar-refractivity contribution in [2.24, 2.45) is 40.4 Å². The summed E-state index contributed by atoms with van der Waals surface area (Å²) in [5, 5.41) is 147. The molecule has 0 amide bonds. The zero-order valence-electron chi connectivity index (χ0n) is 42.8. The van der Waals surface area contributed by atoms with Crippen LogP contribution in [0.4, 0.5) is 0 Å². The second kappa shape index (κ2) is 23.7. The molecule has 4 saturated heterocycles. The summed E-state index contributed by atoms with van der Waals surface area (Å²) in [5.41, 5.74) is 1.58. The lowest BCUT2D eigenvalue weighted by molar-refractivity contribution is -0.382. The number of ether oxygens (including phenoxy) is 9. The summed E-state index contributed by atoms with van der Waals surface area (Å²) in [6, 6.07) is 0. The summed E-state index contributed by atoms with van der Waals surface area (Å²) < 4.78 is 54.1. The van der Waals surface area contributed by atoms with Crippen molar-refractivity contribution in [3.05, 3.63) is 23.8 Å². The van der Waals surface area contributed by atoms with E-state index in [-0.39, 0.29) is 41.8 Å². The monoisotopic (exact) mass is 1060 g/mol. The SMILES string of the molecule is C=C(CCC1(O)OC2CC3C4CC=C5CC(OC6OC(CO)C(OC7OC(CO)C(O)[C@@H](O)[C@@H]7O)[C@@H](O)[C@@H]6OC(OC(C)CO)[C@@H](O)CO)CC[C@]5(C)C4CC[C@]3(C)C2[C@@H]1C)COC1OC(CO)C(O)[C@@H](O)[C@@H]1O. The Morgan fingerprint density at radius 1 is 0.757 bits per heavy atom. The van der Waals surface area contributed by atoms with Crippen LogP contribution in [0.2, 0.25) is 0 Å². The highest BCUT2D eigenvalue weighted by Crippen LogP contribution is 2.70. The average molecular weight is 1070 g/mol. The van der Waals surface area contributed by atoms with E-state index in [2.05, 4.69) is 33.4 Å². The summed E-state index contributed by atoms with van der Waals surface area (Å²) >= 11 is 0. The Hall–Kier alpha value is -1.44. The van der Waals surface area contributed by atoms with Crippen molar-refractivity contribution in [2.75, 3.05) is 39.6 Å². The van der Waals surface area contributed by atoms with Crippen LogP contribution in [0.1, 0.15) is 85.5 Å². The second-order valence-corrected chi connectivity index (χ2v) is 23.0. The Morgan fingerprint density at radius 2 is 1.39 bits per heavy atom. The molecular formula is C51H84O23. The molecule has 23 nitrogen and oxygen atoms in total. The number of hydrogen-bond donors (Lipinski definition) is 14. The molecule has 3 saturated carbocycles. The van der Waals surface area contributed by atoms with Crippen LogP contribution >= 0.6 is 0 Å². The van der Waals surface area contributed by atoms with Gasteiger partial charge in [0.1, 0.15) is 79.4 Å². The van der Waals surface area contributed by atoms with E-state index < -0.39 is 156 Å². The van der Waals surface area contributed by atoms with Gasteiger partial charge >= 0.3 is 0 Å². The van der Waals surface area contributed by atoms with Crippen molar-refractivity contribution in [2.45, 2.75) is 214 Å². The van der Waals surface area contributed by atoms with Gasteiger partial charge < -0.3 is 114 Å². The summed E-state index contributed by atoms with van der Waals surface area (Å²) in [6.45, 7) is 8.93. The number of aliphatic hydroxyl groups is 14. The zero-order valence-corrected chi connectivity index (χ0v) is 42.8. The van der Waals surface area contributed by atoms with Crippen molar-refractivity contribution < 1.29 is 114 Å². The number of allylic oxidation sites excluding steroid dienone is 1. The van der Waals surface area contributed by atoms with Crippen molar-refractivity contribution in [3.8, 4) is 0 Å². The first-order chi connectivity index (χ1) is 35.1. The van der Waals surface area contributed by atoms with Gasteiger partial charge in [0.15, 0.2) is 30.9 Å². The lowest BCUT2D eigenvalue weighted by Gasteiger charge is -2.58. The number of rotatable bonds is 20. The lowest BCUT2D eigenvalue weighted by Crippen LogP contribution is -2.66. The van der Waals surface area contributed by atoms with Gasteiger partial charge in [-0.25, -0.2) is 0 Å². The lowest BCUT2D eigenvalue weighted by atomic mass is 9.47. The molecule has 74 heavy (non-hydrogen) atoms.